The van der Waals surface area contributed by atoms with Crippen molar-refractivity contribution in [2.75, 3.05) is 26.8 Å². The fourth-order valence-electron chi connectivity index (χ4n) is 1.84. The van der Waals surface area contributed by atoms with Gasteiger partial charge in [0.2, 0.25) is 0 Å². The van der Waals surface area contributed by atoms with E-state index in [1.807, 2.05) is 0 Å². The summed E-state index contributed by atoms with van der Waals surface area (Å²) in [5, 5.41) is 0. The van der Waals surface area contributed by atoms with Gasteiger partial charge < -0.3 is 19.6 Å². The number of carbonyl (C=O) groups excluding carboxylic acids is 1. The normalized spacial score (nSPS) is 17.9. The smallest absolute Gasteiger partial charge is 0.323 e. The number of nitrogens with one attached hydrogen (secondary N) is 2. The van der Waals surface area contributed by atoms with Gasteiger partial charge in [0.25, 0.3) is 5.91 Å². The van der Waals surface area contributed by atoms with Crippen molar-refractivity contribution in [1.29, 1.82) is 0 Å². The summed E-state index contributed by atoms with van der Waals surface area (Å²) in [5.74, 6) is -0.188. The molecule has 0 aromatic carbocycles. The molecule has 1 aliphatic rings. The zero-order valence-corrected chi connectivity index (χ0v) is 9.37. The lowest BCUT2D eigenvalue weighted by atomic mass is 9.88. The van der Waals surface area contributed by atoms with Crippen LogP contribution in [0, 0.1) is 5.41 Å². The molecule has 1 saturated heterocycles. The van der Waals surface area contributed by atoms with E-state index in [1.54, 1.807) is 11.9 Å². The fraction of sp³-hybridized carbons (Fsp3) is 0.600. The van der Waals surface area contributed by atoms with Crippen LogP contribution in [0.5, 0.6) is 0 Å². The van der Waals surface area contributed by atoms with Gasteiger partial charge in [-0.25, -0.2) is 4.79 Å². The Bertz CT molecular complexity index is 444. The van der Waals surface area contributed by atoms with Gasteiger partial charge >= 0.3 is 5.69 Å². The van der Waals surface area contributed by atoms with Crippen LogP contribution < -0.4 is 5.69 Å². The average molecular weight is 225 g/mol. The predicted molar refractivity (Wildman–Crippen MR) is 57.3 cm³/mol. The number of H-pyrrole nitrogens is 2. The predicted octanol–water partition coefficient (Wildman–Crippen LogP) is -0.188. The van der Waals surface area contributed by atoms with E-state index >= 15 is 0 Å². The summed E-state index contributed by atoms with van der Waals surface area (Å²) in [6.45, 7) is 4.04. The van der Waals surface area contributed by atoms with Crippen molar-refractivity contribution in [2.24, 2.45) is 5.41 Å². The van der Waals surface area contributed by atoms with Crippen LogP contribution in [-0.4, -0.2) is 47.6 Å². The van der Waals surface area contributed by atoms with Crippen molar-refractivity contribution in [3.8, 4) is 0 Å². The van der Waals surface area contributed by atoms with Gasteiger partial charge in [-0.3, -0.25) is 4.79 Å². The van der Waals surface area contributed by atoms with E-state index in [0.717, 1.165) is 0 Å². The molecule has 0 aliphatic carbocycles. The molecular weight excluding hydrogens is 210 g/mol. The topological polar surface area (TPSA) is 78.2 Å². The van der Waals surface area contributed by atoms with Gasteiger partial charge in [-0.1, -0.05) is 6.92 Å². The van der Waals surface area contributed by atoms with Crippen LogP contribution in [0.15, 0.2) is 11.0 Å². The minimum absolute atomic E-state index is 0.0427. The lowest BCUT2D eigenvalue weighted by molar-refractivity contribution is -0.109. The number of rotatable bonds is 3. The number of amides is 1. The molecule has 0 radical (unpaired) electrons. The largest absolute Gasteiger partial charge is 0.380 e. The zero-order chi connectivity index (χ0) is 11.8. The maximum absolute atomic E-state index is 11.9. The third kappa shape index (κ3) is 2.01. The number of aromatic nitrogens is 2. The Labute approximate surface area is 92.6 Å². The van der Waals surface area contributed by atoms with Gasteiger partial charge in [-0.05, 0) is 0 Å². The molecule has 1 amide bonds. The first-order valence-electron chi connectivity index (χ1n) is 5.11. The minimum atomic E-state index is -0.366. The first-order valence-corrected chi connectivity index (χ1v) is 5.11. The van der Waals surface area contributed by atoms with Crippen molar-refractivity contribution in [3.05, 3.63) is 22.4 Å². The number of ether oxygens (including phenoxy) is 1. The fourth-order valence-corrected chi connectivity index (χ4v) is 1.84. The van der Waals surface area contributed by atoms with Crippen LogP contribution in [-0.2, 0) is 4.74 Å². The SMILES string of the molecule is CN(CC1(C)COC1)C(=O)c1c[nH]c(=O)[nH]1. The summed E-state index contributed by atoms with van der Waals surface area (Å²) in [6, 6.07) is 0. The second-order valence-corrected chi connectivity index (χ2v) is 4.62. The molecule has 2 heterocycles. The lowest BCUT2D eigenvalue weighted by Gasteiger charge is -2.40. The van der Waals surface area contributed by atoms with Gasteiger partial charge in [0, 0.05) is 25.2 Å². The Morgan fingerprint density at radius 2 is 2.31 bits per heavy atom. The molecule has 88 valence electrons. The van der Waals surface area contributed by atoms with Crippen molar-refractivity contribution in [2.45, 2.75) is 6.92 Å². The van der Waals surface area contributed by atoms with Crippen LogP contribution in [0.3, 0.4) is 0 Å². The molecule has 1 aromatic rings. The number of hydrogen-bond acceptors (Lipinski definition) is 3. The molecular formula is C10H15N3O3. The zero-order valence-electron chi connectivity index (χ0n) is 9.37. The van der Waals surface area contributed by atoms with Gasteiger partial charge in [0.15, 0.2) is 0 Å². The first kappa shape index (κ1) is 10.9. The molecule has 0 bridgehead atoms. The van der Waals surface area contributed by atoms with E-state index in [9.17, 15) is 9.59 Å². The Hall–Kier alpha value is -1.56. The second-order valence-electron chi connectivity index (χ2n) is 4.62. The highest BCUT2D eigenvalue weighted by molar-refractivity contribution is 5.91. The summed E-state index contributed by atoms with van der Waals surface area (Å²) in [7, 11) is 1.72. The standard InChI is InChI=1S/C10H15N3O3/c1-10(5-16-6-10)4-13(2)8(14)7-3-11-9(15)12-7/h3H,4-6H2,1-2H3,(H2,11,12,15). The van der Waals surface area contributed by atoms with Gasteiger partial charge in [0.05, 0.1) is 13.2 Å². The van der Waals surface area contributed by atoms with E-state index in [4.69, 9.17) is 4.74 Å². The van der Waals surface area contributed by atoms with Gasteiger partial charge in [-0.15, -0.1) is 0 Å². The molecule has 1 aromatic heterocycles. The molecule has 6 heteroatoms. The van der Waals surface area contributed by atoms with E-state index in [1.165, 1.54) is 6.20 Å². The van der Waals surface area contributed by atoms with Gasteiger partial charge in [0.1, 0.15) is 5.69 Å². The summed E-state index contributed by atoms with van der Waals surface area (Å²) >= 11 is 0. The molecule has 2 N–H and O–H groups in total. The number of aromatic amines is 2. The van der Waals surface area contributed by atoms with Crippen molar-refractivity contribution in [3.63, 3.8) is 0 Å². The molecule has 0 spiro atoms. The van der Waals surface area contributed by atoms with E-state index in [0.29, 0.717) is 19.8 Å². The van der Waals surface area contributed by atoms with E-state index in [2.05, 4.69) is 16.9 Å². The number of carbonyl (C=O) groups is 1. The lowest BCUT2D eigenvalue weighted by Crippen LogP contribution is -2.49. The first-order chi connectivity index (χ1) is 7.50. The van der Waals surface area contributed by atoms with E-state index < -0.39 is 0 Å². The molecule has 0 unspecified atom stereocenters. The highest BCUT2D eigenvalue weighted by Gasteiger charge is 2.35. The van der Waals surface area contributed by atoms with Crippen LogP contribution in [0.4, 0.5) is 0 Å². The summed E-state index contributed by atoms with van der Waals surface area (Å²) < 4.78 is 5.13. The summed E-state index contributed by atoms with van der Waals surface area (Å²) in [5.41, 5.74) is -0.0348. The molecule has 2 rings (SSSR count). The average Bonchev–Trinajstić information content (AvgIpc) is 2.61. The van der Waals surface area contributed by atoms with Crippen molar-refractivity contribution in [1.82, 2.24) is 14.9 Å². The maximum atomic E-state index is 11.9. The van der Waals surface area contributed by atoms with E-state index in [-0.39, 0.29) is 22.7 Å². The number of nitrogens with zero attached hydrogens (tertiary/aromatic N) is 1. The van der Waals surface area contributed by atoms with Crippen molar-refractivity contribution >= 4 is 5.91 Å². The van der Waals surface area contributed by atoms with Crippen LogP contribution in [0.2, 0.25) is 0 Å². The third-order valence-corrected chi connectivity index (χ3v) is 2.69. The summed E-state index contributed by atoms with van der Waals surface area (Å²) in [4.78, 5) is 29.2. The van der Waals surface area contributed by atoms with Crippen LogP contribution in [0.1, 0.15) is 17.4 Å². The Morgan fingerprint density at radius 1 is 1.62 bits per heavy atom. The Kier molecular flexibility index (Phi) is 2.59. The molecule has 6 nitrogen and oxygen atoms in total. The number of hydrogen-bond donors (Lipinski definition) is 2. The molecule has 1 aliphatic heterocycles. The highest BCUT2D eigenvalue weighted by atomic mass is 16.5. The van der Waals surface area contributed by atoms with Crippen molar-refractivity contribution < 1.29 is 9.53 Å². The molecule has 16 heavy (non-hydrogen) atoms. The molecule has 1 fully saturated rings. The molecule has 0 atom stereocenters. The third-order valence-electron chi connectivity index (χ3n) is 2.69. The van der Waals surface area contributed by atoms with Crippen LogP contribution >= 0.6 is 0 Å². The monoisotopic (exact) mass is 225 g/mol. The molecule has 0 saturated carbocycles. The van der Waals surface area contributed by atoms with Gasteiger partial charge in [-0.2, -0.15) is 0 Å². The Balaban J connectivity index is 2.02. The quantitative estimate of drug-likeness (QED) is 0.748. The van der Waals surface area contributed by atoms with Crippen LogP contribution in [0.25, 0.3) is 0 Å². The maximum Gasteiger partial charge on any atom is 0.323 e. The highest BCUT2D eigenvalue weighted by Crippen LogP contribution is 2.27. The Morgan fingerprint density at radius 3 is 2.75 bits per heavy atom. The minimum Gasteiger partial charge on any atom is -0.380 e. The second kappa shape index (κ2) is 3.79. The number of imidazole rings is 1. The summed E-state index contributed by atoms with van der Waals surface area (Å²) in [6.07, 6.45) is 1.39.